The molecule has 1 nitrogen and oxygen atoms in total. The Hall–Kier alpha value is -0.300. The van der Waals surface area contributed by atoms with Gasteiger partial charge in [0.1, 0.15) is 0 Å². The number of hydrogen-bond acceptors (Lipinski definition) is 1. The first-order valence-electron chi connectivity index (χ1n) is 13.4. The Labute approximate surface area is 187 Å². The monoisotopic (exact) mass is 414 g/mol. The van der Waals surface area contributed by atoms with E-state index in [1.807, 2.05) is 0 Å². The van der Waals surface area contributed by atoms with Crippen molar-refractivity contribution in [3.8, 4) is 0 Å². The summed E-state index contributed by atoms with van der Waals surface area (Å²) in [5, 5.41) is 11.4. The molecule has 0 aromatic rings. The third-order valence-corrected chi connectivity index (χ3v) is 10.9. The minimum absolute atomic E-state index is 0.0736. The minimum Gasteiger partial charge on any atom is -0.393 e. The van der Waals surface area contributed by atoms with Crippen LogP contribution < -0.4 is 0 Å². The SMILES string of the molecule is CC(C)CCCC(C)[C@H]1C[C@@H](O)[C@H]2[C@@H]3CC=C4C(C)(C)CCC[C@]4(C)[C@H]3CC[C@@]21C. The van der Waals surface area contributed by atoms with Gasteiger partial charge in [-0.05, 0) is 90.3 Å². The molecule has 0 radical (unpaired) electrons. The Morgan fingerprint density at radius 1 is 1.03 bits per heavy atom. The molecule has 3 saturated carbocycles. The minimum atomic E-state index is -0.0736. The molecule has 4 aliphatic carbocycles. The molecule has 0 saturated heterocycles. The lowest BCUT2D eigenvalue weighted by Crippen LogP contribution is -2.53. The van der Waals surface area contributed by atoms with E-state index in [4.69, 9.17) is 0 Å². The molecule has 0 spiro atoms. The van der Waals surface area contributed by atoms with E-state index in [0.29, 0.717) is 34.0 Å². The summed E-state index contributed by atoms with van der Waals surface area (Å²) < 4.78 is 0. The van der Waals surface area contributed by atoms with Crippen molar-refractivity contribution in [1.82, 2.24) is 0 Å². The summed E-state index contributed by atoms with van der Waals surface area (Å²) in [5.74, 6) is 4.30. The summed E-state index contributed by atoms with van der Waals surface area (Å²) in [7, 11) is 0. The molecule has 0 heterocycles. The van der Waals surface area contributed by atoms with Gasteiger partial charge >= 0.3 is 0 Å². The van der Waals surface area contributed by atoms with Crippen molar-refractivity contribution in [2.45, 2.75) is 119 Å². The van der Waals surface area contributed by atoms with E-state index in [9.17, 15) is 5.11 Å². The Kier molecular flexibility index (Phi) is 6.05. The highest BCUT2D eigenvalue weighted by molar-refractivity contribution is 5.30. The number of hydrogen-bond donors (Lipinski definition) is 1. The molecule has 1 unspecified atom stereocenters. The van der Waals surface area contributed by atoms with Crippen molar-refractivity contribution in [3.05, 3.63) is 11.6 Å². The van der Waals surface area contributed by atoms with E-state index in [0.717, 1.165) is 24.2 Å². The summed E-state index contributed by atoms with van der Waals surface area (Å²) in [6, 6.07) is 0. The predicted molar refractivity (Wildman–Crippen MR) is 128 cm³/mol. The van der Waals surface area contributed by atoms with Crippen LogP contribution in [0.4, 0.5) is 0 Å². The third kappa shape index (κ3) is 3.54. The first kappa shape index (κ1) is 22.9. The van der Waals surface area contributed by atoms with Gasteiger partial charge in [-0.2, -0.15) is 0 Å². The maximum Gasteiger partial charge on any atom is 0.0579 e. The molecule has 1 heteroatoms. The average Bonchev–Trinajstić information content (AvgIpc) is 2.91. The highest BCUT2D eigenvalue weighted by Gasteiger charge is 2.62. The van der Waals surface area contributed by atoms with Gasteiger partial charge in [-0.15, -0.1) is 0 Å². The zero-order valence-corrected chi connectivity index (χ0v) is 21.1. The van der Waals surface area contributed by atoms with Crippen molar-refractivity contribution in [1.29, 1.82) is 0 Å². The summed E-state index contributed by atoms with van der Waals surface area (Å²) in [5.41, 5.74) is 2.88. The van der Waals surface area contributed by atoms with Crippen LogP contribution in [0.15, 0.2) is 11.6 Å². The second-order valence-corrected chi connectivity index (χ2v) is 13.6. The summed E-state index contributed by atoms with van der Waals surface area (Å²) >= 11 is 0. The zero-order chi connectivity index (χ0) is 21.9. The molecule has 8 atom stereocenters. The molecule has 0 amide bonds. The van der Waals surface area contributed by atoms with Gasteiger partial charge in [0, 0.05) is 0 Å². The van der Waals surface area contributed by atoms with Gasteiger partial charge in [-0.3, -0.25) is 0 Å². The average molecular weight is 415 g/mol. The highest BCUT2D eigenvalue weighted by Crippen LogP contribution is 2.68. The van der Waals surface area contributed by atoms with Crippen LogP contribution in [0.25, 0.3) is 0 Å². The summed E-state index contributed by atoms with van der Waals surface area (Å²) in [6.45, 7) is 17.4. The number of aliphatic hydroxyl groups is 1. The van der Waals surface area contributed by atoms with Crippen LogP contribution in [0.5, 0.6) is 0 Å². The largest absolute Gasteiger partial charge is 0.393 e. The molecule has 30 heavy (non-hydrogen) atoms. The molecule has 0 bridgehead atoms. The standard InChI is InChI=1S/C29H50O/c1-19(2)10-8-11-20(3)23-18-24(30)26-21-12-13-25-27(4,5)15-9-16-28(25,6)22(21)14-17-29(23,26)7/h13,19-24,26,30H,8-12,14-18H2,1-7H3/t20?,21-,22+,23-,24-,26-,28-,29-/m1/s1. The number of aliphatic hydroxyl groups excluding tert-OH is 1. The van der Waals surface area contributed by atoms with Gasteiger partial charge in [0.15, 0.2) is 0 Å². The number of fused-ring (bicyclic) bond motifs is 5. The molecule has 0 aliphatic heterocycles. The van der Waals surface area contributed by atoms with Crippen molar-refractivity contribution < 1.29 is 5.11 Å². The highest BCUT2D eigenvalue weighted by atomic mass is 16.3. The van der Waals surface area contributed by atoms with E-state index >= 15 is 0 Å². The van der Waals surface area contributed by atoms with E-state index in [1.54, 1.807) is 5.57 Å². The molecular weight excluding hydrogens is 364 g/mol. The van der Waals surface area contributed by atoms with Crippen molar-refractivity contribution >= 4 is 0 Å². The van der Waals surface area contributed by atoms with E-state index in [1.165, 1.54) is 57.8 Å². The van der Waals surface area contributed by atoms with Gasteiger partial charge < -0.3 is 5.11 Å². The second-order valence-electron chi connectivity index (χ2n) is 13.6. The predicted octanol–water partition coefficient (Wildman–Crippen LogP) is 8.02. The molecule has 4 rings (SSSR count). The van der Waals surface area contributed by atoms with E-state index in [-0.39, 0.29) is 6.10 Å². The fourth-order valence-corrected chi connectivity index (χ4v) is 9.54. The van der Waals surface area contributed by atoms with Crippen LogP contribution in [0.2, 0.25) is 0 Å². The zero-order valence-electron chi connectivity index (χ0n) is 21.1. The summed E-state index contributed by atoms with van der Waals surface area (Å²) in [4.78, 5) is 0. The lowest BCUT2D eigenvalue weighted by molar-refractivity contribution is -0.0825. The van der Waals surface area contributed by atoms with Crippen molar-refractivity contribution in [2.24, 2.45) is 51.8 Å². The van der Waals surface area contributed by atoms with Crippen molar-refractivity contribution in [2.75, 3.05) is 0 Å². The maximum atomic E-state index is 11.4. The van der Waals surface area contributed by atoms with Crippen LogP contribution >= 0.6 is 0 Å². The van der Waals surface area contributed by atoms with Gasteiger partial charge in [0.2, 0.25) is 0 Å². The Morgan fingerprint density at radius 2 is 1.77 bits per heavy atom. The topological polar surface area (TPSA) is 20.2 Å². The van der Waals surface area contributed by atoms with Gasteiger partial charge in [0.25, 0.3) is 0 Å². The van der Waals surface area contributed by atoms with Gasteiger partial charge in [-0.1, -0.05) is 85.8 Å². The van der Waals surface area contributed by atoms with Crippen LogP contribution in [-0.2, 0) is 0 Å². The van der Waals surface area contributed by atoms with Gasteiger partial charge in [0.05, 0.1) is 6.10 Å². The van der Waals surface area contributed by atoms with Crippen LogP contribution in [-0.4, -0.2) is 11.2 Å². The second kappa shape index (κ2) is 7.93. The summed E-state index contributed by atoms with van der Waals surface area (Å²) in [6.07, 6.45) is 15.8. The Morgan fingerprint density at radius 3 is 2.47 bits per heavy atom. The first-order valence-corrected chi connectivity index (χ1v) is 13.4. The van der Waals surface area contributed by atoms with E-state index < -0.39 is 0 Å². The Balaban J connectivity index is 1.57. The fraction of sp³-hybridized carbons (Fsp3) is 0.931. The first-order chi connectivity index (χ1) is 14.0. The van der Waals surface area contributed by atoms with Gasteiger partial charge in [-0.25, -0.2) is 0 Å². The Bertz CT molecular complexity index is 659. The van der Waals surface area contributed by atoms with Crippen LogP contribution in [0, 0.1) is 51.8 Å². The lowest BCUT2D eigenvalue weighted by atomic mass is 9.44. The third-order valence-electron chi connectivity index (χ3n) is 10.9. The number of rotatable bonds is 5. The fourth-order valence-electron chi connectivity index (χ4n) is 9.54. The maximum absolute atomic E-state index is 11.4. The molecule has 4 aliphatic rings. The lowest BCUT2D eigenvalue weighted by Gasteiger charge is -2.60. The molecule has 1 N–H and O–H groups in total. The van der Waals surface area contributed by atoms with Crippen molar-refractivity contribution in [3.63, 3.8) is 0 Å². The quantitative estimate of drug-likeness (QED) is 0.451. The van der Waals surface area contributed by atoms with Crippen LogP contribution in [0.1, 0.15) is 113 Å². The molecule has 0 aromatic carbocycles. The molecule has 3 fully saturated rings. The molecule has 0 aromatic heterocycles. The van der Waals surface area contributed by atoms with E-state index in [2.05, 4.69) is 54.5 Å². The smallest absolute Gasteiger partial charge is 0.0579 e. The van der Waals surface area contributed by atoms with Crippen LogP contribution in [0.3, 0.4) is 0 Å². The normalized spacial score (nSPS) is 46.0. The number of allylic oxidation sites excluding steroid dienone is 2. The molecular formula is C29H50O. The molecule has 172 valence electrons.